The molecule has 0 aromatic rings. The van der Waals surface area contributed by atoms with Crippen molar-refractivity contribution < 1.29 is 15.0 Å². The predicted molar refractivity (Wildman–Crippen MR) is 341 cm³/mol. The lowest BCUT2D eigenvalue weighted by Gasteiger charge is -2.22. The number of aliphatic hydroxyl groups is 2. The first-order chi connectivity index (χ1) is 37.7. The number of carbonyl (C=O) groups is 1. The van der Waals surface area contributed by atoms with Crippen LogP contribution in [0.2, 0.25) is 0 Å². The van der Waals surface area contributed by atoms with Gasteiger partial charge in [0, 0.05) is 6.42 Å². The summed E-state index contributed by atoms with van der Waals surface area (Å²) < 4.78 is 0. The summed E-state index contributed by atoms with van der Waals surface area (Å²) in [5, 5.41) is 23.5. The predicted octanol–water partition coefficient (Wildman–Crippen LogP) is 24.6. The normalized spacial score (nSPS) is 12.5. The van der Waals surface area contributed by atoms with Crippen LogP contribution in [0.25, 0.3) is 0 Å². The highest BCUT2D eigenvalue weighted by atomic mass is 16.3. The molecule has 4 heteroatoms. The Kier molecular flexibility index (Phi) is 68.1. The van der Waals surface area contributed by atoms with Gasteiger partial charge in [0.25, 0.3) is 0 Å². The summed E-state index contributed by atoms with van der Waals surface area (Å²) >= 11 is 0. The highest BCUT2D eigenvalue weighted by molar-refractivity contribution is 5.76. The first-order valence-electron chi connectivity index (χ1n) is 36.2. The molecule has 2 atom stereocenters. The minimum absolute atomic E-state index is 0.0188. The molecule has 0 radical (unpaired) electrons. The van der Waals surface area contributed by atoms with E-state index in [0.29, 0.717) is 12.8 Å². The van der Waals surface area contributed by atoms with Crippen LogP contribution in [0, 0.1) is 0 Å². The highest BCUT2D eigenvalue weighted by Gasteiger charge is 2.20. The molecule has 0 saturated heterocycles. The molecule has 1 amide bonds. The number of aliphatic hydroxyl groups excluding tert-OH is 2. The van der Waals surface area contributed by atoms with Crippen molar-refractivity contribution in [1.82, 2.24) is 5.32 Å². The van der Waals surface area contributed by atoms with E-state index in [-0.39, 0.29) is 12.5 Å². The summed E-state index contributed by atoms with van der Waals surface area (Å²) in [6, 6.07) is -0.533. The number of rotatable bonds is 69. The van der Waals surface area contributed by atoms with E-state index in [2.05, 4.69) is 19.2 Å². The summed E-state index contributed by atoms with van der Waals surface area (Å²) in [6.07, 6.45) is 90.4. The van der Waals surface area contributed by atoms with Gasteiger partial charge in [0.15, 0.2) is 0 Å². The molecule has 0 aliphatic rings. The second-order valence-electron chi connectivity index (χ2n) is 25.4. The Bertz CT molecular complexity index is 1030. The van der Waals surface area contributed by atoms with Crippen molar-refractivity contribution in [1.29, 1.82) is 0 Å². The number of hydrogen-bond donors (Lipinski definition) is 3. The van der Waals surface area contributed by atoms with Crippen LogP contribution in [-0.2, 0) is 4.79 Å². The molecule has 0 aromatic carbocycles. The van der Waals surface area contributed by atoms with Crippen molar-refractivity contribution in [3.05, 3.63) is 0 Å². The molecular weight excluding hydrogens is 927 g/mol. The van der Waals surface area contributed by atoms with Crippen LogP contribution < -0.4 is 5.32 Å². The zero-order valence-electron chi connectivity index (χ0n) is 52.8. The van der Waals surface area contributed by atoms with Crippen molar-refractivity contribution in [3.8, 4) is 0 Å². The molecular formula is C72H145NO3. The Labute approximate surface area is 480 Å². The average molecular weight is 1070 g/mol. The maximum atomic E-state index is 12.6. The molecule has 0 aromatic heterocycles. The fourth-order valence-electron chi connectivity index (χ4n) is 12.1. The fraction of sp³-hybridized carbons (Fsp3) is 0.986. The van der Waals surface area contributed by atoms with Crippen LogP contribution in [0.3, 0.4) is 0 Å². The van der Waals surface area contributed by atoms with E-state index in [9.17, 15) is 15.0 Å². The molecule has 456 valence electrons. The molecule has 0 aliphatic carbocycles. The Morgan fingerprint density at radius 1 is 0.263 bits per heavy atom. The van der Waals surface area contributed by atoms with Gasteiger partial charge in [0.1, 0.15) is 0 Å². The van der Waals surface area contributed by atoms with Gasteiger partial charge in [-0.25, -0.2) is 0 Å². The van der Waals surface area contributed by atoms with Crippen molar-refractivity contribution in [3.63, 3.8) is 0 Å². The van der Waals surface area contributed by atoms with Crippen molar-refractivity contribution in [2.75, 3.05) is 6.61 Å². The third-order valence-corrected chi connectivity index (χ3v) is 17.6. The van der Waals surface area contributed by atoms with Gasteiger partial charge in [0.05, 0.1) is 18.8 Å². The van der Waals surface area contributed by atoms with E-state index in [1.54, 1.807) is 0 Å². The molecule has 3 N–H and O–H groups in total. The molecule has 0 heterocycles. The Hall–Kier alpha value is -0.610. The summed E-state index contributed by atoms with van der Waals surface area (Å²) in [5.41, 5.74) is 0. The van der Waals surface area contributed by atoms with Crippen LogP contribution in [0.5, 0.6) is 0 Å². The van der Waals surface area contributed by atoms with Gasteiger partial charge in [0.2, 0.25) is 5.91 Å². The first kappa shape index (κ1) is 75.4. The second kappa shape index (κ2) is 68.7. The average Bonchev–Trinajstić information content (AvgIpc) is 3.42. The van der Waals surface area contributed by atoms with Gasteiger partial charge < -0.3 is 15.5 Å². The SMILES string of the molecule is CCCCCCCCCCCCCCCCCCCCCCCCCCCCCCCCCCC(=O)NC(CO)C(O)CCCCCCCCCCCCCCCCCCCCCCCCCCCCCCCCCC. The van der Waals surface area contributed by atoms with Crippen LogP contribution >= 0.6 is 0 Å². The largest absolute Gasteiger partial charge is 0.394 e. The maximum absolute atomic E-state index is 12.6. The zero-order chi connectivity index (χ0) is 54.8. The molecule has 0 saturated carbocycles. The molecule has 0 aliphatic heterocycles. The van der Waals surface area contributed by atoms with E-state index in [4.69, 9.17) is 0 Å². The molecule has 0 fully saturated rings. The van der Waals surface area contributed by atoms with E-state index < -0.39 is 12.1 Å². The lowest BCUT2D eigenvalue weighted by Crippen LogP contribution is -2.45. The maximum Gasteiger partial charge on any atom is 0.220 e. The second-order valence-corrected chi connectivity index (χ2v) is 25.4. The number of carbonyl (C=O) groups excluding carboxylic acids is 1. The minimum atomic E-state index is -0.657. The number of nitrogens with one attached hydrogen (secondary N) is 1. The van der Waals surface area contributed by atoms with E-state index in [1.165, 1.54) is 385 Å². The van der Waals surface area contributed by atoms with Crippen LogP contribution in [-0.4, -0.2) is 34.9 Å². The van der Waals surface area contributed by atoms with Gasteiger partial charge in [-0.05, 0) is 12.8 Å². The van der Waals surface area contributed by atoms with Crippen LogP contribution in [0.1, 0.15) is 438 Å². The van der Waals surface area contributed by atoms with Gasteiger partial charge in [-0.15, -0.1) is 0 Å². The summed E-state index contributed by atoms with van der Waals surface area (Å²) in [5.74, 6) is -0.0188. The lowest BCUT2D eigenvalue weighted by molar-refractivity contribution is -0.123. The van der Waals surface area contributed by atoms with E-state index in [0.717, 1.165) is 25.7 Å². The smallest absolute Gasteiger partial charge is 0.220 e. The number of hydrogen-bond acceptors (Lipinski definition) is 3. The Morgan fingerprint density at radius 3 is 0.592 bits per heavy atom. The first-order valence-corrected chi connectivity index (χ1v) is 36.2. The molecule has 0 bridgehead atoms. The van der Waals surface area contributed by atoms with Gasteiger partial charge in [-0.2, -0.15) is 0 Å². The monoisotopic (exact) mass is 1070 g/mol. The zero-order valence-corrected chi connectivity index (χ0v) is 52.8. The van der Waals surface area contributed by atoms with Gasteiger partial charge in [-0.3, -0.25) is 4.79 Å². The number of unbranched alkanes of at least 4 members (excludes halogenated alkanes) is 62. The Balaban J connectivity index is 3.35. The van der Waals surface area contributed by atoms with Crippen molar-refractivity contribution in [2.45, 2.75) is 450 Å². The quantitative estimate of drug-likeness (QED) is 0.0532. The summed E-state index contributed by atoms with van der Waals surface area (Å²) in [6.45, 7) is 4.42. The highest BCUT2D eigenvalue weighted by Crippen LogP contribution is 2.20. The standard InChI is InChI=1S/C72H145NO3/c1-3-5-7-9-11-13-15-17-19-21-23-25-27-29-31-33-35-37-39-41-43-45-47-49-51-53-55-57-59-61-63-65-67-71(75)70(69-74)73-72(76)68-66-64-62-60-58-56-54-52-50-48-46-44-42-40-38-36-34-32-30-28-26-24-22-20-18-16-14-12-10-8-6-4-2/h70-71,74-75H,3-69H2,1-2H3,(H,73,76). The summed E-state index contributed by atoms with van der Waals surface area (Å²) in [7, 11) is 0. The van der Waals surface area contributed by atoms with Crippen molar-refractivity contribution in [2.24, 2.45) is 0 Å². The molecule has 76 heavy (non-hydrogen) atoms. The van der Waals surface area contributed by atoms with Crippen LogP contribution in [0.4, 0.5) is 0 Å². The van der Waals surface area contributed by atoms with Crippen LogP contribution in [0.15, 0.2) is 0 Å². The fourth-order valence-corrected chi connectivity index (χ4v) is 12.1. The third-order valence-electron chi connectivity index (χ3n) is 17.6. The molecule has 0 rings (SSSR count). The van der Waals surface area contributed by atoms with Gasteiger partial charge in [-0.1, -0.05) is 418 Å². The minimum Gasteiger partial charge on any atom is -0.394 e. The van der Waals surface area contributed by atoms with Gasteiger partial charge >= 0.3 is 0 Å². The van der Waals surface area contributed by atoms with Crippen molar-refractivity contribution >= 4 is 5.91 Å². The third kappa shape index (κ3) is 64.2. The van der Waals surface area contributed by atoms with E-state index in [1.807, 2.05) is 0 Å². The molecule has 0 spiro atoms. The Morgan fingerprint density at radius 2 is 0.421 bits per heavy atom. The number of amides is 1. The molecule has 2 unspecified atom stereocenters. The molecule has 4 nitrogen and oxygen atoms in total. The topological polar surface area (TPSA) is 69.6 Å². The van der Waals surface area contributed by atoms with E-state index >= 15 is 0 Å². The lowest BCUT2D eigenvalue weighted by atomic mass is 10.0. The summed E-state index contributed by atoms with van der Waals surface area (Å²) in [4.78, 5) is 12.6.